The highest BCUT2D eigenvalue weighted by molar-refractivity contribution is 5.97. The van der Waals surface area contributed by atoms with Crippen molar-refractivity contribution in [1.82, 2.24) is 0 Å². The van der Waals surface area contributed by atoms with Gasteiger partial charge >= 0.3 is 5.97 Å². The van der Waals surface area contributed by atoms with Gasteiger partial charge in [-0.25, -0.2) is 4.79 Å². The molecule has 28 heavy (non-hydrogen) atoms. The number of hydrogen-bond donors (Lipinski definition) is 2. The predicted molar refractivity (Wildman–Crippen MR) is 105 cm³/mol. The second-order valence-corrected chi connectivity index (χ2v) is 7.00. The van der Waals surface area contributed by atoms with Gasteiger partial charge in [-0.05, 0) is 55.9 Å². The molecule has 1 aliphatic carbocycles. The zero-order valence-electron chi connectivity index (χ0n) is 15.7. The third kappa shape index (κ3) is 2.51. The van der Waals surface area contributed by atoms with E-state index in [0.29, 0.717) is 40.2 Å². The van der Waals surface area contributed by atoms with Crippen molar-refractivity contribution in [2.24, 2.45) is 0 Å². The standard InChI is InChI=1S/C23H20O5/c1-4-13(2)11-17-14(3)23(28-22(17)26)18-8-5-15(24)7-10-20(18)27-21-12-16(25)6-9-19(21)23/h4-6,8-12,24-25H,1,7H2,2-3H3/b13-11-. The van der Waals surface area contributed by atoms with Crippen molar-refractivity contribution < 1.29 is 24.5 Å². The maximum Gasteiger partial charge on any atom is 0.339 e. The summed E-state index contributed by atoms with van der Waals surface area (Å²) in [5, 5.41) is 19.9. The summed E-state index contributed by atoms with van der Waals surface area (Å²) < 4.78 is 12.0. The van der Waals surface area contributed by atoms with Gasteiger partial charge in [0.05, 0.1) is 11.3 Å². The molecule has 2 N–H and O–H groups in total. The normalized spacial score (nSPS) is 23.7. The summed E-state index contributed by atoms with van der Waals surface area (Å²) in [6, 6.07) is 4.73. The highest BCUT2D eigenvalue weighted by Gasteiger charge is 2.54. The Morgan fingerprint density at radius 1 is 1.29 bits per heavy atom. The second kappa shape index (κ2) is 6.30. The van der Waals surface area contributed by atoms with Gasteiger partial charge < -0.3 is 19.7 Å². The summed E-state index contributed by atoms with van der Waals surface area (Å²) >= 11 is 0. The van der Waals surface area contributed by atoms with Gasteiger partial charge in [0.25, 0.3) is 0 Å². The molecule has 0 saturated carbocycles. The number of rotatable bonds is 2. The van der Waals surface area contributed by atoms with Gasteiger partial charge in [-0.1, -0.05) is 18.2 Å². The highest BCUT2D eigenvalue weighted by atomic mass is 16.6. The number of phenols is 1. The van der Waals surface area contributed by atoms with Crippen molar-refractivity contribution in [2.45, 2.75) is 25.9 Å². The van der Waals surface area contributed by atoms with E-state index in [1.54, 1.807) is 36.4 Å². The lowest BCUT2D eigenvalue weighted by Gasteiger charge is -2.38. The lowest BCUT2D eigenvalue weighted by Crippen LogP contribution is -2.36. The lowest BCUT2D eigenvalue weighted by molar-refractivity contribution is -0.145. The lowest BCUT2D eigenvalue weighted by atomic mass is 9.76. The zero-order valence-corrected chi connectivity index (χ0v) is 15.7. The van der Waals surface area contributed by atoms with E-state index >= 15 is 0 Å². The molecule has 1 atom stereocenters. The predicted octanol–water partition coefficient (Wildman–Crippen LogP) is 4.64. The maximum atomic E-state index is 12.9. The van der Waals surface area contributed by atoms with Crippen LogP contribution >= 0.6 is 0 Å². The Hall–Kier alpha value is -3.47. The largest absolute Gasteiger partial charge is 0.512 e. The Morgan fingerprint density at radius 3 is 2.82 bits per heavy atom. The molecule has 0 amide bonds. The fourth-order valence-electron chi connectivity index (χ4n) is 3.76. The SMILES string of the molecule is C=C/C(C)=C\C1=C(C)C2(OC1=O)C1=CC=C(O)CC=C1Oc1cc(O)ccc12. The third-order valence-corrected chi connectivity index (χ3v) is 5.24. The van der Waals surface area contributed by atoms with Crippen LogP contribution in [0.5, 0.6) is 11.5 Å². The summed E-state index contributed by atoms with van der Waals surface area (Å²) in [4.78, 5) is 12.9. The molecule has 1 spiro atoms. The van der Waals surface area contributed by atoms with E-state index in [2.05, 4.69) is 6.58 Å². The molecule has 0 saturated heterocycles. The van der Waals surface area contributed by atoms with E-state index in [-0.39, 0.29) is 11.5 Å². The Morgan fingerprint density at radius 2 is 2.07 bits per heavy atom. The van der Waals surface area contributed by atoms with Gasteiger partial charge in [-0.3, -0.25) is 0 Å². The highest BCUT2D eigenvalue weighted by Crippen LogP contribution is 2.56. The number of carbonyl (C=O) groups is 1. The fraction of sp³-hybridized carbons (Fsp3) is 0.174. The van der Waals surface area contributed by atoms with Crippen LogP contribution in [0.15, 0.2) is 89.0 Å². The number of allylic oxidation sites excluding steroid dienone is 5. The van der Waals surface area contributed by atoms with Crippen LogP contribution in [-0.4, -0.2) is 16.2 Å². The van der Waals surface area contributed by atoms with Crippen molar-refractivity contribution in [3.63, 3.8) is 0 Å². The number of hydrogen-bond acceptors (Lipinski definition) is 5. The van der Waals surface area contributed by atoms with Crippen LogP contribution in [-0.2, 0) is 15.1 Å². The first kappa shape index (κ1) is 17.9. The topological polar surface area (TPSA) is 76.0 Å². The van der Waals surface area contributed by atoms with Gasteiger partial charge in [0.2, 0.25) is 0 Å². The van der Waals surface area contributed by atoms with Gasteiger partial charge in [0.1, 0.15) is 17.3 Å². The Balaban J connectivity index is 2.05. The van der Waals surface area contributed by atoms with Gasteiger partial charge in [0, 0.05) is 23.6 Å². The molecule has 4 rings (SSSR count). The van der Waals surface area contributed by atoms with E-state index in [1.807, 2.05) is 13.8 Å². The fourth-order valence-corrected chi connectivity index (χ4v) is 3.76. The smallest absolute Gasteiger partial charge is 0.339 e. The summed E-state index contributed by atoms with van der Waals surface area (Å²) in [7, 11) is 0. The van der Waals surface area contributed by atoms with Crippen LogP contribution in [0.1, 0.15) is 25.8 Å². The summed E-state index contributed by atoms with van der Waals surface area (Å²) in [6.07, 6.45) is 8.75. The summed E-state index contributed by atoms with van der Waals surface area (Å²) in [5.41, 5.74) is 2.05. The number of phenolic OH excluding ortho intramolecular Hbond substituents is 1. The molecule has 2 aliphatic heterocycles. The molecule has 1 aromatic carbocycles. The zero-order chi connectivity index (χ0) is 20.1. The molecular formula is C23H20O5. The first-order valence-electron chi connectivity index (χ1n) is 8.94. The quantitative estimate of drug-likeness (QED) is 0.581. The summed E-state index contributed by atoms with van der Waals surface area (Å²) in [5.74, 6) is 0.662. The molecule has 0 aromatic heterocycles. The number of fused-ring (bicyclic) bond motifs is 4. The molecule has 1 aromatic rings. The molecule has 2 heterocycles. The summed E-state index contributed by atoms with van der Waals surface area (Å²) in [6.45, 7) is 7.45. The average Bonchev–Trinajstić information content (AvgIpc) is 2.80. The van der Waals surface area contributed by atoms with Gasteiger partial charge in [-0.2, -0.15) is 0 Å². The number of carbonyl (C=O) groups excluding carboxylic acids is 1. The average molecular weight is 376 g/mol. The van der Waals surface area contributed by atoms with E-state index in [9.17, 15) is 15.0 Å². The number of aliphatic hydroxyl groups excluding tert-OH is 1. The number of esters is 1. The second-order valence-electron chi connectivity index (χ2n) is 7.00. The monoisotopic (exact) mass is 376 g/mol. The maximum absolute atomic E-state index is 12.9. The molecule has 1 unspecified atom stereocenters. The molecule has 0 bridgehead atoms. The molecule has 0 radical (unpaired) electrons. The molecule has 5 heteroatoms. The van der Waals surface area contributed by atoms with E-state index < -0.39 is 11.6 Å². The van der Waals surface area contributed by atoms with Crippen LogP contribution in [0, 0.1) is 0 Å². The van der Waals surface area contributed by atoms with Crippen molar-refractivity contribution >= 4 is 5.97 Å². The van der Waals surface area contributed by atoms with E-state index in [4.69, 9.17) is 9.47 Å². The Labute approximate surface area is 162 Å². The Kier molecular flexibility index (Phi) is 4.03. The van der Waals surface area contributed by atoms with Gasteiger partial charge in [-0.15, -0.1) is 0 Å². The minimum Gasteiger partial charge on any atom is -0.512 e. The van der Waals surface area contributed by atoms with Gasteiger partial charge in [0.15, 0.2) is 5.60 Å². The third-order valence-electron chi connectivity index (χ3n) is 5.24. The van der Waals surface area contributed by atoms with Crippen LogP contribution in [0.2, 0.25) is 0 Å². The van der Waals surface area contributed by atoms with E-state index in [1.165, 1.54) is 12.1 Å². The molecular weight excluding hydrogens is 356 g/mol. The molecule has 5 nitrogen and oxygen atoms in total. The molecule has 3 aliphatic rings. The van der Waals surface area contributed by atoms with Crippen molar-refractivity contribution in [1.29, 1.82) is 0 Å². The van der Waals surface area contributed by atoms with Crippen molar-refractivity contribution in [2.75, 3.05) is 0 Å². The van der Waals surface area contributed by atoms with Crippen LogP contribution in [0.3, 0.4) is 0 Å². The van der Waals surface area contributed by atoms with Crippen LogP contribution in [0.25, 0.3) is 0 Å². The van der Waals surface area contributed by atoms with Crippen molar-refractivity contribution in [3.05, 3.63) is 94.5 Å². The first-order valence-corrected chi connectivity index (χ1v) is 8.94. The minimum atomic E-state index is -1.20. The molecule has 142 valence electrons. The molecule has 0 fully saturated rings. The number of aromatic hydroxyl groups is 1. The number of ether oxygens (including phenoxy) is 2. The first-order chi connectivity index (χ1) is 13.4. The number of benzene rings is 1. The van der Waals surface area contributed by atoms with Crippen molar-refractivity contribution in [3.8, 4) is 11.5 Å². The van der Waals surface area contributed by atoms with E-state index in [0.717, 1.165) is 5.57 Å². The minimum absolute atomic E-state index is 0.0464. The Bertz CT molecular complexity index is 1060. The van der Waals surface area contributed by atoms with Crippen LogP contribution in [0.4, 0.5) is 0 Å². The van der Waals surface area contributed by atoms with Crippen LogP contribution < -0.4 is 4.74 Å². The number of aliphatic hydroxyl groups is 1.